The number of unbranched alkanes of at least 4 members (excludes halogenated alkanes) is 10. The van der Waals surface area contributed by atoms with Crippen molar-refractivity contribution in [3.63, 3.8) is 0 Å². The van der Waals surface area contributed by atoms with Crippen molar-refractivity contribution >= 4 is 52.9 Å². The summed E-state index contributed by atoms with van der Waals surface area (Å²) in [6, 6.07) is 0. The van der Waals surface area contributed by atoms with Crippen LogP contribution < -0.4 is 0 Å². The zero-order valence-electron chi connectivity index (χ0n) is 15.2. The van der Waals surface area contributed by atoms with Crippen molar-refractivity contribution in [1.29, 1.82) is 0 Å². The molecule has 0 saturated heterocycles. The number of carbonyl (C=O) groups is 1. The lowest BCUT2D eigenvalue weighted by Crippen LogP contribution is -2.17. The third-order valence-electron chi connectivity index (χ3n) is 3.98. The van der Waals surface area contributed by atoms with Gasteiger partial charge in [0, 0.05) is 6.42 Å². The van der Waals surface area contributed by atoms with Crippen LogP contribution in [0.5, 0.6) is 0 Å². The van der Waals surface area contributed by atoms with Gasteiger partial charge in [-0.05, 0) is 43.7 Å². The highest BCUT2D eigenvalue weighted by Crippen LogP contribution is 2.12. The zero-order valence-corrected chi connectivity index (χ0v) is 17.7. The minimum Gasteiger partial charge on any atom is -0.413 e. The molecule has 0 saturated carbocycles. The first-order valence-electron chi connectivity index (χ1n) is 9.50. The standard InChI is InChI=1S/C19H34O2S3/c1-2-3-4-5-6-7-8-9-10-11-14-17(23)19(24)21-18(20)15-12-13-16-22/h22H,2-16H2,1H3. The quantitative estimate of drug-likeness (QED) is 0.138. The van der Waals surface area contributed by atoms with Crippen LogP contribution in [0, 0.1) is 0 Å². The van der Waals surface area contributed by atoms with Crippen molar-refractivity contribution < 1.29 is 9.53 Å². The Morgan fingerprint density at radius 2 is 1.29 bits per heavy atom. The minimum atomic E-state index is -0.271. The summed E-state index contributed by atoms with van der Waals surface area (Å²) in [5.74, 6) is 0.515. The SMILES string of the molecule is CCCCCCCCCCCCC(=S)C(=S)OC(=O)CCCCS. The summed E-state index contributed by atoms with van der Waals surface area (Å²) in [5.41, 5.74) is 0. The van der Waals surface area contributed by atoms with E-state index in [1.807, 2.05) is 0 Å². The Morgan fingerprint density at radius 1 is 0.792 bits per heavy atom. The largest absolute Gasteiger partial charge is 0.413 e. The molecule has 0 aromatic carbocycles. The van der Waals surface area contributed by atoms with Crippen LogP contribution in [0.15, 0.2) is 0 Å². The van der Waals surface area contributed by atoms with E-state index < -0.39 is 0 Å². The van der Waals surface area contributed by atoms with Crippen molar-refractivity contribution in [3.05, 3.63) is 0 Å². The molecule has 2 nitrogen and oxygen atoms in total. The van der Waals surface area contributed by atoms with Crippen molar-refractivity contribution in [1.82, 2.24) is 0 Å². The van der Waals surface area contributed by atoms with Gasteiger partial charge >= 0.3 is 5.97 Å². The summed E-state index contributed by atoms with van der Waals surface area (Å²) in [6.45, 7) is 2.25. The fraction of sp³-hybridized carbons (Fsp3) is 0.842. The van der Waals surface area contributed by atoms with Gasteiger partial charge in [-0.3, -0.25) is 4.79 Å². The highest BCUT2D eigenvalue weighted by molar-refractivity contribution is 7.89. The van der Waals surface area contributed by atoms with E-state index in [9.17, 15) is 4.79 Å². The maximum absolute atomic E-state index is 11.6. The molecule has 0 N–H and O–H groups in total. The monoisotopic (exact) mass is 390 g/mol. The fourth-order valence-corrected chi connectivity index (χ4v) is 3.07. The van der Waals surface area contributed by atoms with Crippen LogP contribution in [0.1, 0.15) is 96.8 Å². The van der Waals surface area contributed by atoms with E-state index in [0.717, 1.165) is 31.4 Å². The number of hydrogen-bond acceptors (Lipinski definition) is 5. The van der Waals surface area contributed by atoms with E-state index in [1.54, 1.807) is 0 Å². The van der Waals surface area contributed by atoms with Crippen molar-refractivity contribution in [2.45, 2.75) is 96.8 Å². The Hall–Kier alpha value is -0.0000000000000000555. The second-order valence-corrected chi connectivity index (χ2v) is 7.61. The summed E-state index contributed by atoms with van der Waals surface area (Å²) in [7, 11) is 0. The van der Waals surface area contributed by atoms with E-state index in [1.165, 1.54) is 57.8 Å². The molecular weight excluding hydrogens is 356 g/mol. The topological polar surface area (TPSA) is 26.3 Å². The van der Waals surface area contributed by atoms with E-state index >= 15 is 0 Å². The molecule has 0 radical (unpaired) electrons. The maximum atomic E-state index is 11.6. The number of esters is 1. The lowest BCUT2D eigenvalue weighted by atomic mass is 10.1. The molecule has 0 amide bonds. The Morgan fingerprint density at radius 3 is 1.83 bits per heavy atom. The lowest BCUT2D eigenvalue weighted by Gasteiger charge is -2.07. The molecule has 0 bridgehead atoms. The van der Waals surface area contributed by atoms with Crippen LogP contribution in [0.25, 0.3) is 0 Å². The summed E-state index contributed by atoms with van der Waals surface area (Å²) < 4.78 is 5.13. The molecule has 0 fully saturated rings. The Kier molecular flexibility index (Phi) is 17.8. The maximum Gasteiger partial charge on any atom is 0.312 e. The fourth-order valence-electron chi connectivity index (χ4n) is 2.47. The van der Waals surface area contributed by atoms with Crippen molar-refractivity contribution in [2.24, 2.45) is 0 Å². The molecule has 0 aromatic rings. The average molecular weight is 391 g/mol. The lowest BCUT2D eigenvalue weighted by molar-refractivity contribution is -0.135. The Bertz CT molecular complexity index is 357. The van der Waals surface area contributed by atoms with Crippen LogP contribution in [-0.4, -0.2) is 21.6 Å². The van der Waals surface area contributed by atoms with Gasteiger partial charge < -0.3 is 4.74 Å². The van der Waals surface area contributed by atoms with Crippen molar-refractivity contribution in [3.8, 4) is 0 Å². The van der Waals surface area contributed by atoms with Gasteiger partial charge in [-0.2, -0.15) is 12.6 Å². The van der Waals surface area contributed by atoms with Gasteiger partial charge in [-0.1, -0.05) is 76.9 Å². The normalized spacial score (nSPS) is 10.6. The zero-order chi connectivity index (χ0) is 18.0. The van der Waals surface area contributed by atoms with E-state index in [4.69, 9.17) is 29.2 Å². The number of hydrogen-bond donors (Lipinski definition) is 1. The van der Waals surface area contributed by atoms with Gasteiger partial charge in [-0.15, -0.1) is 0 Å². The Labute approximate surface area is 164 Å². The van der Waals surface area contributed by atoms with E-state index in [-0.39, 0.29) is 11.0 Å². The third kappa shape index (κ3) is 15.5. The average Bonchev–Trinajstić information content (AvgIpc) is 2.56. The van der Waals surface area contributed by atoms with Crippen LogP contribution in [0.4, 0.5) is 0 Å². The minimum absolute atomic E-state index is 0.205. The van der Waals surface area contributed by atoms with Gasteiger partial charge in [0.15, 0.2) is 0 Å². The smallest absolute Gasteiger partial charge is 0.312 e. The number of ether oxygens (including phenoxy) is 1. The molecule has 5 heteroatoms. The van der Waals surface area contributed by atoms with Crippen LogP contribution >= 0.6 is 37.1 Å². The number of thiol groups is 1. The van der Waals surface area contributed by atoms with Gasteiger partial charge in [0.2, 0.25) is 5.05 Å². The van der Waals surface area contributed by atoms with Gasteiger partial charge in [-0.25, -0.2) is 0 Å². The van der Waals surface area contributed by atoms with E-state index in [2.05, 4.69) is 19.6 Å². The molecule has 0 atom stereocenters. The Balaban J connectivity index is 3.50. The molecular formula is C19H34O2S3. The first-order valence-corrected chi connectivity index (χ1v) is 11.0. The predicted octanol–water partition coefficient (Wildman–Crippen LogP) is 6.64. The number of rotatable bonds is 16. The summed E-state index contributed by atoms with van der Waals surface area (Å²) in [6.07, 6.45) is 15.8. The first kappa shape index (κ1) is 24.0. The van der Waals surface area contributed by atoms with E-state index in [0.29, 0.717) is 11.3 Å². The molecule has 0 aliphatic carbocycles. The molecule has 0 spiro atoms. The summed E-state index contributed by atoms with van der Waals surface area (Å²) in [5, 5.41) is 0.205. The molecule has 0 unspecified atom stereocenters. The molecule has 0 rings (SSSR count). The van der Waals surface area contributed by atoms with Gasteiger partial charge in [0.1, 0.15) is 0 Å². The predicted molar refractivity (Wildman–Crippen MR) is 115 cm³/mol. The highest BCUT2D eigenvalue weighted by Gasteiger charge is 2.11. The first-order chi connectivity index (χ1) is 11.6. The second kappa shape index (κ2) is 17.8. The summed E-state index contributed by atoms with van der Waals surface area (Å²) >= 11 is 14.5. The van der Waals surface area contributed by atoms with Crippen molar-refractivity contribution in [2.75, 3.05) is 5.75 Å². The second-order valence-electron chi connectivity index (χ2n) is 6.30. The van der Waals surface area contributed by atoms with Crippen LogP contribution in [0.2, 0.25) is 0 Å². The molecule has 0 aromatic heterocycles. The number of thiocarbonyl (C=S) groups is 2. The third-order valence-corrected chi connectivity index (χ3v) is 5.15. The molecule has 0 heterocycles. The summed E-state index contributed by atoms with van der Waals surface area (Å²) in [4.78, 5) is 12.2. The van der Waals surface area contributed by atoms with Gasteiger partial charge in [0.05, 0.1) is 4.86 Å². The molecule has 0 aliphatic heterocycles. The van der Waals surface area contributed by atoms with Crippen LogP contribution in [0.3, 0.4) is 0 Å². The van der Waals surface area contributed by atoms with Crippen LogP contribution in [-0.2, 0) is 9.53 Å². The molecule has 140 valence electrons. The van der Waals surface area contributed by atoms with Gasteiger partial charge in [0.25, 0.3) is 0 Å². The molecule has 24 heavy (non-hydrogen) atoms. The molecule has 0 aliphatic rings. The number of carbonyl (C=O) groups excluding carboxylic acids is 1. The highest BCUT2D eigenvalue weighted by atomic mass is 32.1.